The molecule has 0 atom stereocenters. The number of methoxy groups -OCH3 is 1. The topological polar surface area (TPSA) is 85.4 Å². The minimum absolute atomic E-state index is 0.0446. The lowest BCUT2D eigenvalue weighted by Gasteiger charge is -2.09. The zero-order valence-corrected chi connectivity index (χ0v) is 15.5. The van der Waals surface area contributed by atoms with Gasteiger partial charge in [-0.05, 0) is 54.7 Å². The number of nitrogens with one attached hydrogen (secondary N) is 1. The Kier molecular flexibility index (Phi) is 7.48. The van der Waals surface area contributed by atoms with E-state index in [4.69, 9.17) is 27.5 Å². The number of carbonyl (C=O) groups is 1. The second kappa shape index (κ2) is 9.82. The second-order valence-electron chi connectivity index (χ2n) is 5.87. The fourth-order valence-corrected chi connectivity index (χ4v) is 2.78. The largest absolute Gasteiger partial charge is 0.494 e. The molecule has 0 aromatic heterocycles. The van der Waals surface area contributed by atoms with Crippen molar-refractivity contribution in [2.75, 3.05) is 13.7 Å². The van der Waals surface area contributed by atoms with E-state index in [1.54, 1.807) is 12.1 Å². The Morgan fingerprint density at radius 2 is 1.77 bits per heavy atom. The van der Waals surface area contributed by atoms with E-state index in [1.807, 2.05) is 30.3 Å². The predicted octanol–water partition coefficient (Wildman–Crippen LogP) is 4.40. The van der Waals surface area contributed by atoms with Crippen LogP contribution in [0.3, 0.4) is 0 Å². The number of unbranched alkanes of at least 4 members (excludes halogenated alkanes) is 2. The fourth-order valence-electron chi connectivity index (χ4n) is 2.50. The summed E-state index contributed by atoms with van der Waals surface area (Å²) in [5, 5.41) is 7.93. The number of amidine groups is 1. The monoisotopic (exact) mass is 374 g/mol. The number of hydrogen-bond acceptors (Lipinski definition) is 4. The Bertz CT molecular complexity index is 760. The van der Waals surface area contributed by atoms with Crippen molar-refractivity contribution in [3.8, 4) is 16.9 Å². The third-order valence-corrected chi connectivity index (χ3v) is 4.28. The summed E-state index contributed by atoms with van der Waals surface area (Å²) in [5.41, 5.74) is 7.97. The number of carbonyl (C=O) groups excluding carboxylic acids is 1. The van der Waals surface area contributed by atoms with Crippen LogP contribution in [0.25, 0.3) is 11.1 Å². The van der Waals surface area contributed by atoms with Gasteiger partial charge in [-0.15, -0.1) is 0 Å². The minimum Gasteiger partial charge on any atom is -0.494 e. The Balaban J connectivity index is 1.84. The average Bonchev–Trinajstić information content (AvgIpc) is 2.64. The van der Waals surface area contributed by atoms with Crippen molar-refractivity contribution in [1.29, 1.82) is 5.41 Å². The van der Waals surface area contributed by atoms with Gasteiger partial charge in [0.1, 0.15) is 11.6 Å². The lowest BCUT2D eigenvalue weighted by atomic mass is 10.0. The molecule has 0 heterocycles. The molecule has 0 radical (unpaired) electrons. The first-order valence-electron chi connectivity index (χ1n) is 8.45. The summed E-state index contributed by atoms with van der Waals surface area (Å²) in [6.45, 7) is 0.611. The van der Waals surface area contributed by atoms with E-state index in [9.17, 15) is 4.79 Å². The quantitative estimate of drug-likeness (QED) is 0.295. The van der Waals surface area contributed by atoms with Crippen molar-refractivity contribution in [1.82, 2.24) is 0 Å². The van der Waals surface area contributed by atoms with Crippen LogP contribution in [0.1, 0.15) is 31.2 Å². The highest BCUT2D eigenvalue weighted by Crippen LogP contribution is 2.27. The molecule has 0 unspecified atom stereocenters. The molecule has 0 aliphatic rings. The third kappa shape index (κ3) is 5.77. The molecule has 3 N–H and O–H groups in total. The van der Waals surface area contributed by atoms with Crippen molar-refractivity contribution in [2.45, 2.75) is 25.7 Å². The summed E-state index contributed by atoms with van der Waals surface area (Å²) in [4.78, 5) is 11.0. The second-order valence-corrected chi connectivity index (χ2v) is 6.28. The lowest BCUT2D eigenvalue weighted by molar-refractivity contribution is -0.140. The summed E-state index contributed by atoms with van der Waals surface area (Å²) < 4.78 is 10.3. The number of ether oxygens (including phenoxy) is 2. The van der Waals surface area contributed by atoms with Gasteiger partial charge < -0.3 is 15.2 Å². The molecule has 26 heavy (non-hydrogen) atoms. The van der Waals surface area contributed by atoms with Crippen molar-refractivity contribution in [3.05, 3.63) is 53.1 Å². The molecule has 138 valence electrons. The van der Waals surface area contributed by atoms with Crippen molar-refractivity contribution in [2.24, 2.45) is 5.73 Å². The van der Waals surface area contributed by atoms with Gasteiger partial charge in [0.2, 0.25) is 0 Å². The Morgan fingerprint density at radius 3 is 2.38 bits per heavy atom. The third-order valence-electron chi connectivity index (χ3n) is 3.97. The van der Waals surface area contributed by atoms with E-state index in [1.165, 1.54) is 7.11 Å². The molecular weight excluding hydrogens is 352 g/mol. The molecule has 0 saturated carbocycles. The van der Waals surface area contributed by atoms with E-state index >= 15 is 0 Å². The Labute approximate surface area is 158 Å². The first-order valence-corrected chi connectivity index (χ1v) is 8.83. The van der Waals surface area contributed by atoms with Gasteiger partial charge in [-0.25, -0.2) is 0 Å². The molecule has 0 amide bonds. The summed E-state index contributed by atoms with van der Waals surface area (Å²) in [7, 11) is 1.40. The van der Waals surface area contributed by atoms with Gasteiger partial charge in [-0.1, -0.05) is 29.8 Å². The van der Waals surface area contributed by atoms with Crippen LogP contribution in [0.5, 0.6) is 5.75 Å². The van der Waals surface area contributed by atoms with Crippen LogP contribution in [-0.2, 0) is 9.53 Å². The zero-order valence-electron chi connectivity index (χ0n) is 14.8. The van der Waals surface area contributed by atoms with Gasteiger partial charge >= 0.3 is 5.97 Å². The number of benzene rings is 2. The number of hydrogen-bond donors (Lipinski definition) is 2. The summed E-state index contributed by atoms with van der Waals surface area (Å²) >= 11 is 6.17. The molecule has 6 heteroatoms. The first kappa shape index (κ1) is 19.8. The van der Waals surface area contributed by atoms with Gasteiger partial charge in [-0.2, -0.15) is 0 Å². The maximum atomic E-state index is 11.0. The van der Waals surface area contributed by atoms with Crippen LogP contribution in [0.15, 0.2) is 42.5 Å². The zero-order chi connectivity index (χ0) is 18.9. The molecule has 5 nitrogen and oxygen atoms in total. The van der Waals surface area contributed by atoms with Gasteiger partial charge in [0, 0.05) is 12.0 Å². The van der Waals surface area contributed by atoms with Gasteiger partial charge in [0.15, 0.2) is 0 Å². The molecule has 0 aliphatic heterocycles. The average molecular weight is 375 g/mol. The van der Waals surface area contributed by atoms with Gasteiger partial charge in [-0.3, -0.25) is 10.2 Å². The standard InChI is InChI=1S/C20H23ClN2O3/c1-25-19(24)5-3-2-4-12-26-16-9-6-14(7-10-16)15-8-11-17(20(22)23)18(21)13-15/h6-11,13H,2-5,12H2,1H3,(H3,22,23). The highest BCUT2D eigenvalue weighted by Gasteiger charge is 2.06. The van der Waals surface area contributed by atoms with E-state index in [-0.39, 0.29) is 11.8 Å². The maximum Gasteiger partial charge on any atom is 0.305 e. The first-order chi connectivity index (χ1) is 12.5. The molecule has 0 fully saturated rings. The molecule has 2 rings (SSSR count). The van der Waals surface area contributed by atoms with Crippen LogP contribution in [-0.4, -0.2) is 25.5 Å². The summed E-state index contributed by atoms with van der Waals surface area (Å²) in [5.74, 6) is 0.586. The molecule has 2 aromatic rings. The number of nitrogens with two attached hydrogens (primary N) is 1. The van der Waals surface area contributed by atoms with Crippen LogP contribution in [0.2, 0.25) is 5.02 Å². The smallest absolute Gasteiger partial charge is 0.305 e. The van der Waals surface area contributed by atoms with Crippen LogP contribution >= 0.6 is 11.6 Å². The molecule has 2 aromatic carbocycles. The van der Waals surface area contributed by atoms with Crippen LogP contribution < -0.4 is 10.5 Å². The predicted molar refractivity (Wildman–Crippen MR) is 104 cm³/mol. The molecule has 0 spiro atoms. The van der Waals surface area contributed by atoms with Crippen LogP contribution in [0, 0.1) is 5.41 Å². The highest BCUT2D eigenvalue weighted by molar-refractivity contribution is 6.34. The van der Waals surface area contributed by atoms with Crippen molar-refractivity contribution >= 4 is 23.4 Å². The SMILES string of the molecule is COC(=O)CCCCCOc1ccc(-c2ccc(C(=N)N)c(Cl)c2)cc1. The van der Waals surface area contributed by atoms with E-state index < -0.39 is 0 Å². The lowest BCUT2D eigenvalue weighted by Crippen LogP contribution is -2.11. The highest BCUT2D eigenvalue weighted by atomic mass is 35.5. The molecular formula is C20H23ClN2O3. The van der Waals surface area contributed by atoms with Gasteiger partial charge in [0.05, 0.1) is 18.7 Å². The van der Waals surface area contributed by atoms with E-state index in [0.717, 1.165) is 36.1 Å². The number of rotatable bonds is 9. The number of halogens is 1. The van der Waals surface area contributed by atoms with E-state index in [2.05, 4.69) is 4.74 Å². The summed E-state index contributed by atoms with van der Waals surface area (Å²) in [6.07, 6.45) is 3.08. The van der Waals surface area contributed by atoms with Crippen molar-refractivity contribution < 1.29 is 14.3 Å². The van der Waals surface area contributed by atoms with Crippen LogP contribution in [0.4, 0.5) is 0 Å². The summed E-state index contributed by atoms with van der Waals surface area (Å²) in [6, 6.07) is 13.2. The molecule has 0 bridgehead atoms. The minimum atomic E-state index is -0.169. The van der Waals surface area contributed by atoms with Crippen molar-refractivity contribution in [3.63, 3.8) is 0 Å². The fraction of sp³-hybridized carbons (Fsp3) is 0.300. The van der Waals surface area contributed by atoms with E-state index in [0.29, 0.717) is 23.6 Å². The Morgan fingerprint density at radius 1 is 1.08 bits per heavy atom. The molecule has 0 aliphatic carbocycles. The Hall–Kier alpha value is -2.53. The van der Waals surface area contributed by atoms with Gasteiger partial charge in [0.25, 0.3) is 0 Å². The normalized spacial score (nSPS) is 10.4. The maximum absolute atomic E-state index is 11.0. The number of nitrogen functional groups attached to an aromatic ring is 1. The molecule has 0 saturated heterocycles. The number of esters is 1.